The van der Waals surface area contributed by atoms with E-state index in [2.05, 4.69) is 35.0 Å². The second-order valence-corrected chi connectivity index (χ2v) is 6.73. The summed E-state index contributed by atoms with van der Waals surface area (Å²) in [4.78, 5) is 4.79. The maximum absolute atomic E-state index is 5.63. The molecular formula is C18H16BrN3O. The van der Waals surface area contributed by atoms with Gasteiger partial charge in [0.05, 0.1) is 12.0 Å². The number of aliphatic imine (C=N–C) groups is 1. The summed E-state index contributed by atoms with van der Waals surface area (Å²) in [5.74, 6) is 1.83. The standard InChI is InChI=1S/C18H16BrN3O/c1-11-10-15(16-4-3-9-23-16)22-18(20-11)17(12(2)21-22)13-5-7-14(19)8-6-13/h3-9,15H,10H2,1-2H3. The highest BCUT2D eigenvalue weighted by Crippen LogP contribution is 2.41. The molecule has 0 saturated carbocycles. The summed E-state index contributed by atoms with van der Waals surface area (Å²) in [6.45, 7) is 4.10. The fourth-order valence-corrected chi connectivity index (χ4v) is 3.37. The van der Waals surface area contributed by atoms with Gasteiger partial charge in [-0.3, -0.25) is 0 Å². The second kappa shape index (κ2) is 5.49. The van der Waals surface area contributed by atoms with Gasteiger partial charge >= 0.3 is 0 Å². The molecule has 0 spiro atoms. The molecule has 3 aromatic rings. The summed E-state index contributed by atoms with van der Waals surface area (Å²) in [6, 6.07) is 12.3. The van der Waals surface area contributed by atoms with E-state index in [0.29, 0.717) is 0 Å². The number of aromatic nitrogens is 2. The highest BCUT2D eigenvalue weighted by molar-refractivity contribution is 9.10. The van der Waals surface area contributed by atoms with Crippen molar-refractivity contribution in [3.8, 4) is 11.1 Å². The average Bonchev–Trinajstić information content (AvgIpc) is 3.15. The van der Waals surface area contributed by atoms with Gasteiger partial charge in [-0.2, -0.15) is 5.10 Å². The molecule has 0 bridgehead atoms. The Hall–Kier alpha value is -2.14. The number of nitrogens with zero attached hydrogens (tertiary/aromatic N) is 3. The Morgan fingerprint density at radius 2 is 1.96 bits per heavy atom. The first-order valence-electron chi connectivity index (χ1n) is 7.56. The van der Waals surface area contributed by atoms with Crippen LogP contribution in [0.15, 0.2) is 56.5 Å². The number of fused-ring (bicyclic) bond motifs is 1. The van der Waals surface area contributed by atoms with Crippen molar-refractivity contribution in [2.75, 3.05) is 0 Å². The van der Waals surface area contributed by atoms with Gasteiger partial charge in [0.1, 0.15) is 11.8 Å². The first-order chi connectivity index (χ1) is 11.1. The molecule has 0 amide bonds. The van der Waals surface area contributed by atoms with E-state index >= 15 is 0 Å². The van der Waals surface area contributed by atoms with Crippen LogP contribution in [0.2, 0.25) is 0 Å². The van der Waals surface area contributed by atoms with E-state index in [1.54, 1.807) is 6.26 Å². The molecule has 1 aliphatic rings. The summed E-state index contributed by atoms with van der Waals surface area (Å²) in [5, 5.41) is 4.76. The predicted octanol–water partition coefficient (Wildman–Crippen LogP) is 5.30. The lowest BCUT2D eigenvalue weighted by Crippen LogP contribution is -2.18. The maximum Gasteiger partial charge on any atom is 0.159 e. The van der Waals surface area contributed by atoms with Crippen LogP contribution in [-0.4, -0.2) is 15.5 Å². The summed E-state index contributed by atoms with van der Waals surface area (Å²) >= 11 is 3.49. The molecule has 0 fully saturated rings. The van der Waals surface area contributed by atoms with Crippen LogP contribution in [0, 0.1) is 6.92 Å². The molecule has 116 valence electrons. The number of halogens is 1. The van der Waals surface area contributed by atoms with E-state index in [-0.39, 0.29) is 6.04 Å². The van der Waals surface area contributed by atoms with E-state index in [1.165, 1.54) is 0 Å². The van der Waals surface area contributed by atoms with E-state index in [1.807, 2.05) is 35.9 Å². The average molecular weight is 370 g/mol. The van der Waals surface area contributed by atoms with Crippen molar-refractivity contribution in [1.82, 2.24) is 9.78 Å². The van der Waals surface area contributed by atoms with Crippen molar-refractivity contribution in [2.24, 2.45) is 4.99 Å². The van der Waals surface area contributed by atoms with Crippen LogP contribution in [-0.2, 0) is 0 Å². The zero-order valence-corrected chi connectivity index (χ0v) is 14.5. The van der Waals surface area contributed by atoms with Gasteiger partial charge in [0.15, 0.2) is 5.82 Å². The van der Waals surface area contributed by atoms with E-state index in [4.69, 9.17) is 14.5 Å². The van der Waals surface area contributed by atoms with E-state index in [0.717, 1.165) is 45.0 Å². The van der Waals surface area contributed by atoms with E-state index in [9.17, 15) is 0 Å². The van der Waals surface area contributed by atoms with Crippen molar-refractivity contribution in [1.29, 1.82) is 0 Å². The molecule has 3 heterocycles. The highest BCUT2D eigenvalue weighted by atomic mass is 79.9. The topological polar surface area (TPSA) is 43.3 Å². The smallest absolute Gasteiger partial charge is 0.159 e. The van der Waals surface area contributed by atoms with Crippen LogP contribution in [0.4, 0.5) is 5.82 Å². The third kappa shape index (κ3) is 2.45. The Labute approximate surface area is 143 Å². The van der Waals surface area contributed by atoms with Gasteiger partial charge in [0, 0.05) is 22.2 Å². The Morgan fingerprint density at radius 1 is 1.17 bits per heavy atom. The molecular weight excluding hydrogens is 354 g/mol. The van der Waals surface area contributed by atoms with E-state index < -0.39 is 0 Å². The van der Waals surface area contributed by atoms with Gasteiger partial charge in [0.2, 0.25) is 0 Å². The second-order valence-electron chi connectivity index (χ2n) is 5.82. The number of rotatable bonds is 2. The normalized spacial score (nSPS) is 17.0. The Morgan fingerprint density at radius 3 is 2.65 bits per heavy atom. The maximum atomic E-state index is 5.63. The van der Waals surface area contributed by atoms with Crippen molar-refractivity contribution >= 4 is 27.5 Å². The SMILES string of the molecule is CC1=Nc2c(-c3ccc(Br)cc3)c(C)nn2C(c2ccco2)C1. The van der Waals surface area contributed by atoms with Crippen molar-refractivity contribution in [3.05, 3.63) is 58.6 Å². The molecule has 1 aliphatic heterocycles. The van der Waals surface area contributed by atoms with Crippen molar-refractivity contribution in [2.45, 2.75) is 26.3 Å². The van der Waals surface area contributed by atoms with Crippen LogP contribution >= 0.6 is 15.9 Å². The molecule has 1 aromatic carbocycles. The first kappa shape index (κ1) is 14.5. The lowest BCUT2D eigenvalue weighted by Gasteiger charge is -2.21. The molecule has 23 heavy (non-hydrogen) atoms. The van der Waals surface area contributed by atoms with Gasteiger partial charge in [-0.1, -0.05) is 28.1 Å². The van der Waals surface area contributed by atoms with Crippen LogP contribution in [0.1, 0.15) is 30.8 Å². The molecule has 5 heteroatoms. The van der Waals surface area contributed by atoms with Crippen molar-refractivity contribution in [3.63, 3.8) is 0 Å². The number of furan rings is 1. The fourth-order valence-electron chi connectivity index (χ4n) is 3.11. The molecule has 1 atom stereocenters. The summed E-state index contributed by atoms with van der Waals surface area (Å²) in [7, 11) is 0. The number of aryl methyl sites for hydroxylation is 1. The summed E-state index contributed by atoms with van der Waals surface area (Å²) in [5.41, 5.74) is 4.30. The van der Waals surface area contributed by atoms with Gasteiger partial charge < -0.3 is 4.42 Å². The summed E-state index contributed by atoms with van der Waals surface area (Å²) in [6.07, 6.45) is 2.53. The molecule has 1 unspecified atom stereocenters. The largest absolute Gasteiger partial charge is 0.467 e. The van der Waals surface area contributed by atoms with Crippen molar-refractivity contribution < 1.29 is 4.42 Å². The zero-order valence-electron chi connectivity index (χ0n) is 13.0. The molecule has 4 rings (SSSR count). The van der Waals surface area contributed by atoms with Gasteiger partial charge in [-0.25, -0.2) is 9.67 Å². The Kier molecular flexibility index (Phi) is 3.45. The third-order valence-corrected chi connectivity index (χ3v) is 4.67. The minimum absolute atomic E-state index is 0.0698. The Bertz CT molecular complexity index is 876. The number of benzene rings is 1. The number of hydrogen-bond acceptors (Lipinski definition) is 3. The first-order valence-corrected chi connectivity index (χ1v) is 8.35. The number of hydrogen-bond donors (Lipinski definition) is 0. The van der Waals surface area contributed by atoms with Crippen LogP contribution < -0.4 is 0 Å². The highest BCUT2D eigenvalue weighted by Gasteiger charge is 2.29. The molecule has 0 saturated heterocycles. The monoisotopic (exact) mass is 369 g/mol. The minimum atomic E-state index is 0.0698. The van der Waals surface area contributed by atoms with Gasteiger partial charge in [-0.15, -0.1) is 0 Å². The molecule has 0 aliphatic carbocycles. The van der Waals surface area contributed by atoms with Gasteiger partial charge in [0.25, 0.3) is 0 Å². The fraction of sp³-hybridized carbons (Fsp3) is 0.222. The molecule has 2 aromatic heterocycles. The van der Waals surface area contributed by atoms with Gasteiger partial charge in [-0.05, 0) is 43.7 Å². The zero-order chi connectivity index (χ0) is 16.0. The quantitative estimate of drug-likeness (QED) is 0.614. The van der Waals surface area contributed by atoms with Crippen LogP contribution in [0.5, 0.6) is 0 Å². The summed E-state index contributed by atoms with van der Waals surface area (Å²) < 4.78 is 8.69. The third-order valence-electron chi connectivity index (χ3n) is 4.15. The minimum Gasteiger partial charge on any atom is -0.467 e. The lowest BCUT2D eigenvalue weighted by atomic mass is 10.0. The molecule has 0 N–H and O–H groups in total. The van der Waals surface area contributed by atoms with Crippen LogP contribution in [0.3, 0.4) is 0 Å². The molecule has 4 nitrogen and oxygen atoms in total. The van der Waals surface area contributed by atoms with Crippen LogP contribution in [0.25, 0.3) is 11.1 Å². The lowest BCUT2D eigenvalue weighted by molar-refractivity contribution is 0.409. The Balaban J connectivity index is 1.90. The molecule has 0 radical (unpaired) electrons. The predicted molar refractivity (Wildman–Crippen MR) is 94.3 cm³/mol.